The highest BCUT2D eigenvalue weighted by atomic mass is 16.5. The molecule has 0 fully saturated rings. The lowest BCUT2D eigenvalue weighted by Crippen LogP contribution is -2.44. The number of aliphatic hydroxyl groups excluding tert-OH is 1. The lowest BCUT2D eigenvalue weighted by Gasteiger charge is -2.17. The molecule has 0 aliphatic heterocycles. The topological polar surface area (TPSA) is 105 Å². The normalized spacial score (nSPS) is 12.4. The quantitative estimate of drug-likeness (QED) is 0.436. The smallest absolute Gasteiger partial charge is 0.330 e. The van der Waals surface area contributed by atoms with Crippen molar-refractivity contribution in [3.63, 3.8) is 0 Å². The summed E-state index contributed by atoms with van der Waals surface area (Å²) in [6.07, 6.45) is 0.602. The van der Waals surface area contributed by atoms with Gasteiger partial charge in [0.15, 0.2) is 6.04 Å². The van der Waals surface area contributed by atoms with Crippen molar-refractivity contribution < 1.29 is 24.2 Å². The molecule has 0 radical (unpaired) electrons. The van der Waals surface area contributed by atoms with E-state index in [9.17, 15) is 14.4 Å². The minimum atomic E-state index is -1.04. The summed E-state index contributed by atoms with van der Waals surface area (Å²) in [5.41, 5.74) is -0.463. The number of aliphatic hydroxyl groups is 1. The predicted octanol–water partition coefficient (Wildman–Crippen LogP) is -0.421. The largest absolute Gasteiger partial charge is 0.467 e. The Hall–Kier alpha value is -1.63. The maximum Gasteiger partial charge on any atom is 0.330 e. The van der Waals surface area contributed by atoms with Crippen LogP contribution in [0.4, 0.5) is 0 Å². The lowest BCUT2D eigenvalue weighted by atomic mass is 9.96. The first-order valence-electron chi connectivity index (χ1n) is 6.48. The summed E-state index contributed by atoms with van der Waals surface area (Å²) in [5, 5.41) is 14.0. The van der Waals surface area contributed by atoms with Gasteiger partial charge in [-0.25, -0.2) is 4.79 Å². The SMILES string of the molecule is COC(=O)C(CO)NC(=O)CCCNC(=O)C(C)(C)C. The number of hydrogen-bond acceptors (Lipinski definition) is 5. The van der Waals surface area contributed by atoms with Crippen LogP contribution < -0.4 is 10.6 Å². The summed E-state index contributed by atoms with van der Waals surface area (Å²) >= 11 is 0. The molecule has 0 aromatic carbocycles. The van der Waals surface area contributed by atoms with Crippen LogP contribution in [-0.2, 0) is 19.1 Å². The van der Waals surface area contributed by atoms with E-state index in [1.165, 1.54) is 7.11 Å². The molecule has 0 bridgehead atoms. The van der Waals surface area contributed by atoms with Gasteiger partial charge in [0.05, 0.1) is 13.7 Å². The Morgan fingerprint density at radius 3 is 2.30 bits per heavy atom. The van der Waals surface area contributed by atoms with Crippen LogP contribution in [0.5, 0.6) is 0 Å². The minimum absolute atomic E-state index is 0.0827. The molecule has 0 spiro atoms. The van der Waals surface area contributed by atoms with Gasteiger partial charge >= 0.3 is 5.97 Å². The number of esters is 1. The Balaban J connectivity index is 3.95. The molecule has 0 aliphatic carbocycles. The Kier molecular flexibility index (Phi) is 7.83. The zero-order valence-electron chi connectivity index (χ0n) is 12.5. The molecule has 0 rings (SSSR count). The molecular formula is C13H24N2O5. The third-order valence-corrected chi connectivity index (χ3v) is 2.55. The zero-order chi connectivity index (χ0) is 15.8. The van der Waals surface area contributed by atoms with Gasteiger partial charge < -0.3 is 20.5 Å². The number of amides is 2. The van der Waals surface area contributed by atoms with Gasteiger partial charge in [-0.3, -0.25) is 9.59 Å². The van der Waals surface area contributed by atoms with Gasteiger partial charge in [0.25, 0.3) is 0 Å². The van der Waals surface area contributed by atoms with Crippen LogP contribution in [0.25, 0.3) is 0 Å². The van der Waals surface area contributed by atoms with Crippen molar-refractivity contribution >= 4 is 17.8 Å². The van der Waals surface area contributed by atoms with Crippen LogP contribution >= 0.6 is 0 Å². The molecule has 0 aromatic heterocycles. The van der Waals surface area contributed by atoms with Crippen molar-refractivity contribution in [2.45, 2.75) is 39.7 Å². The number of ether oxygens (including phenoxy) is 1. The number of nitrogens with one attached hydrogen (secondary N) is 2. The van der Waals surface area contributed by atoms with Gasteiger partial charge in [0.2, 0.25) is 11.8 Å². The fraction of sp³-hybridized carbons (Fsp3) is 0.769. The number of rotatable bonds is 7. The summed E-state index contributed by atoms with van der Waals surface area (Å²) in [5.74, 6) is -1.15. The van der Waals surface area contributed by atoms with Crippen molar-refractivity contribution in [2.24, 2.45) is 5.41 Å². The third kappa shape index (κ3) is 7.08. The van der Waals surface area contributed by atoms with Gasteiger partial charge in [-0.15, -0.1) is 0 Å². The highest BCUT2D eigenvalue weighted by molar-refractivity contribution is 5.84. The van der Waals surface area contributed by atoms with Crippen LogP contribution in [0, 0.1) is 5.41 Å². The fourth-order valence-corrected chi connectivity index (χ4v) is 1.30. The minimum Gasteiger partial charge on any atom is -0.467 e. The van der Waals surface area contributed by atoms with E-state index in [0.29, 0.717) is 13.0 Å². The van der Waals surface area contributed by atoms with Gasteiger partial charge in [0.1, 0.15) is 0 Å². The standard InChI is InChI=1S/C13H24N2O5/c1-13(2,3)12(19)14-7-5-6-10(17)15-9(8-16)11(18)20-4/h9,16H,5-8H2,1-4H3,(H,14,19)(H,15,17). The van der Waals surface area contributed by atoms with Crippen LogP contribution in [0.15, 0.2) is 0 Å². The van der Waals surface area contributed by atoms with Crippen molar-refractivity contribution in [3.8, 4) is 0 Å². The van der Waals surface area contributed by atoms with E-state index in [2.05, 4.69) is 15.4 Å². The summed E-state index contributed by atoms with van der Waals surface area (Å²) < 4.78 is 4.43. The first-order chi connectivity index (χ1) is 9.22. The van der Waals surface area contributed by atoms with Gasteiger partial charge in [-0.2, -0.15) is 0 Å². The van der Waals surface area contributed by atoms with E-state index in [1.807, 2.05) is 0 Å². The number of carbonyl (C=O) groups is 3. The molecule has 116 valence electrons. The molecule has 0 aromatic rings. The van der Waals surface area contributed by atoms with E-state index >= 15 is 0 Å². The zero-order valence-corrected chi connectivity index (χ0v) is 12.5. The molecule has 0 saturated carbocycles. The highest BCUT2D eigenvalue weighted by Crippen LogP contribution is 2.12. The van der Waals surface area contributed by atoms with Gasteiger partial charge in [-0.05, 0) is 6.42 Å². The average Bonchev–Trinajstić information content (AvgIpc) is 2.38. The molecule has 2 amide bonds. The maximum absolute atomic E-state index is 11.6. The first-order valence-corrected chi connectivity index (χ1v) is 6.48. The van der Waals surface area contributed by atoms with E-state index in [4.69, 9.17) is 5.11 Å². The average molecular weight is 288 g/mol. The second-order valence-electron chi connectivity index (χ2n) is 5.44. The summed E-state index contributed by atoms with van der Waals surface area (Å²) in [6.45, 7) is 5.27. The summed E-state index contributed by atoms with van der Waals surface area (Å²) in [4.78, 5) is 34.2. The second kappa shape index (κ2) is 8.52. The van der Waals surface area contributed by atoms with Crippen molar-refractivity contribution in [1.82, 2.24) is 10.6 Å². The highest BCUT2D eigenvalue weighted by Gasteiger charge is 2.21. The molecule has 1 atom stereocenters. The molecule has 20 heavy (non-hydrogen) atoms. The van der Waals surface area contributed by atoms with Crippen molar-refractivity contribution in [3.05, 3.63) is 0 Å². The van der Waals surface area contributed by atoms with Crippen molar-refractivity contribution in [2.75, 3.05) is 20.3 Å². The molecule has 1 unspecified atom stereocenters. The third-order valence-electron chi connectivity index (χ3n) is 2.55. The van der Waals surface area contributed by atoms with Gasteiger partial charge in [0, 0.05) is 18.4 Å². The Morgan fingerprint density at radius 2 is 1.85 bits per heavy atom. The van der Waals surface area contributed by atoms with Gasteiger partial charge in [-0.1, -0.05) is 20.8 Å². The van der Waals surface area contributed by atoms with E-state index in [1.54, 1.807) is 20.8 Å². The van der Waals surface area contributed by atoms with E-state index in [-0.39, 0.29) is 18.2 Å². The summed E-state index contributed by atoms with van der Waals surface area (Å²) in [7, 11) is 1.18. The second-order valence-corrected chi connectivity index (χ2v) is 5.44. The molecule has 3 N–H and O–H groups in total. The Bertz CT molecular complexity index is 349. The predicted molar refractivity (Wildman–Crippen MR) is 72.7 cm³/mol. The Morgan fingerprint density at radius 1 is 1.25 bits per heavy atom. The van der Waals surface area contributed by atoms with E-state index in [0.717, 1.165) is 0 Å². The molecule has 0 saturated heterocycles. The lowest BCUT2D eigenvalue weighted by molar-refractivity contribution is -0.146. The van der Waals surface area contributed by atoms with Crippen LogP contribution in [-0.4, -0.2) is 49.2 Å². The molecular weight excluding hydrogens is 264 g/mol. The molecule has 0 heterocycles. The van der Waals surface area contributed by atoms with Crippen LogP contribution in [0.1, 0.15) is 33.6 Å². The van der Waals surface area contributed by atoms with E-state index < -0.39 is 24.0 Å². The maximum atomic E-state index is 11.6. The summed E-state index contributed by atoms with van der Waals surface area (Å²) in [6, 6.07) is -1.04. The molecule has 0 aliphatic rings. The van der Waals surface area contributed by atoms with Crippen molar-refractivity contribution in [1.29, 1.82) is 0 Å². The number of hydrogen-bond donors (Lipinski definition) is 3. The first kappa shape index (κ1) is 18.4. The number of methoxy groups -OCH3 is 1. The molecule has 7 heteroatoms. The van der Waals surface area contributed by atoms with Crippen LogP contribution in [0.2, 0.25) is 0 Å². The van der Waals surface area contributed by atoms with Crippen LogP contribution in [0.3, 0.4) is 0 Å². The fourth-order valence-electron chi connectivity index (χ4n) is 1.30. The monoisotopic (exact) mass is 288 g/mol. The Labute approximate surface area is 119 Å². The molecule has 7 nitrogen and oxygen atoms in total. The number of carbonyl (C=O) groups excluding carboxylic acids is 3.